The Bertz CT molecular complexity index is 748. The molecule has 6 heteroatoms. The Kier molecular flexibility index (Phi) is 5.23. The van der Waals surface area contributed by atoms with Crippen LogP contribution in [-0.4, -0.2) is 23.4 Å². The molecule has 1 aromatic heterocycles. The van der Waals surface area contributed by atoms with Crippen molar-refractivity contribution in [2.75, 3.05) is 11.9 Å². The van der Waals surface area contributed by atoms with Gasteiger partial charge in [0, 0.05) is 15.8 Å². The first kappa shape index (κ1) is 17.4. The Labute approximate surface area is 150 Å². The summed E-state index contributed by atoms with van der Waals surface area (Å²) < 4.78 is 13.1. The van der Waals surface area contributed by atoms with E-state index in [0.29, 0.717) is 5.69 Å². The second kappa shape index (κ2) is 7.21. The molecule has 0 saturated carbocycles. The number of rotatable bonds is 4. The minimum Gasteiger partial charge on any atom is -0.323 e. The minimum atomic E-state index is -0.418. The highest BCUT2D eigenvalue weighted by molar-refractivity contribution is 7.12. The van der Waals surface area contributed by atoms with E-state index < -0.39 is 5.82 Å². The largest absolute Gasteiger partial charge is 0.323 e. The number of anilines is 1. The summed E-state index contributed by atoms with van der Waals surface area (Å²) >= 11 is 7.79. The monoisotopic (exact) mass is 366 g/mol. The third kappa shape index (κ3) is 3.63. The molecule has 1 N–H and O–H groups in total. The number of benzene rings is 1. The molecule has 128 valence electrons. The molecule has 1 aromatic carbocycles. The molecule has 24 heavy (non-hydrogen) atoms. The normalized spacial score (nSPS) is 19.4. The molecule has 2 aromatic rings. The SMILES string of the molecule is Cc1ccc(C2CCCN2C(C)C(=O)Nc2ccc(F)cc2Cl)s1. The van der Waals surface area contributed by atoms with Crippen LogP contribution in [0.5, 0.6) is 0 Å². The topological polar surface area (TPSA) is 32.3 Å². The molecular weight excluding hydrogens is 347 g/mol. The van der Waals surface area contributed by atoms with Crippen LogP contribution in [0.1, 0.15) is 35.6 Å². The fourth-order valence-electron chi connectivity index (χ4n) is 3.17. The second-order valence-corrected chi connectivity index (χ2v) is 7.86. The molecule has 1 aliphatic heterocycles. The maximum atomic E-state index is 13.1. The average Bonchev–Trinajstić information content (AvgIpc) is 3.17. The zero-order valence-corrected chi connectivity index (χ0v) is 15.3. The van der Waals surface area contributed by atoms with Crippen LogP contribution in [0.15, 0.2) is 30.3 Å². The smallest absolute Gasteiger partial charge is 0.241 e. The highest BCUT2D eigenvalue weighted by atomic mass is 35.5. The van der Waals surface area contributed by atoms with E-state index in [-0.39, 0.29) is 23.0 Å². The van der Waals surface area contributed by atoms with E-state index in [2.05, 4.69) is 29.3 Å². The van der Waals surface area contributed by atoms with Gasteiger partial charge in [0.15, 0.2) is 0 Å². The summed E-state index contributed by atoms with van der Waals surface area (Å²) in [6, 6.07) is 8.28. The molecule has 2 atom stereocenters. The van der Waals surface area contributed by atoms with Crippen molar-refractivity contribution in [2.24, 2.45) is 0 Å². The van der Waals surface area contributed by atoms with Gasteiger partial charge in [0.1, 0.15) is 5.82 Å². The zero-order chi connectivity index (χ0) is 17.3. The van der Waals surface area contributed by atoms with E-state index in [9.17, 15) is 9.18 Å². The maximum Gasteiger partial charge on any atom is 0.241 e. The van der Waals surface area contributed by atoms with Crippen molar-refractivity contribution in [2.45, 2.75) is 38.8 Å². The first-order chi connectivity index (χ1) is 11.5. The summed E-state index contributed by atoms with van der Waals surface area (Å²) in [5.41, 5.74) is 0.442. The Hall–Kier alpha value is -1.43. The molecule has 3 rings (SSSR count). The van der Waals surface area contributed by atoms with Gasteiger partial charge in [-0.2, -0.15) is 0 Å². The molecule has 2 heterocycles. The number of halogens is 2. The molecule has 0 bridgehead atoms. The Balaban J connectivity index is 1.72. The fraction of sp³-hybridized carbons (Fsp3) is 0.389. The lowest BCUT2D eigenvalue weighted by Crippen LogP contribution is -2.41. The number of amides is 1. The molecule has 0 spiro atoms. The second-order valence-electron chi connectivity index (χ2n) is 6.13. The van der Waals surface area contributed by atoms with Gasteiger partial charge in [-0.05, 0) is 63.6 Å². The standard InChI is InChI=1S/C18H20ClFN2OS/c1-11-5-8-17(24-11)16-4-3-9-22(16)12(2)18(23)21-15-7-6-13(20)10-14(15)19/h5-8,10,12,16H,3-4,9H2,1-2H3,(H,21,23). The molecule has 1 aliphatic rings. The molecule has 1 fully saturated rings. The number of aryl methyl sites for hydroxylation is 1. The number of nitrogens with zero attached hydrogens (tertiary/aromatic N) is 1. The molecule has 2 unspecified atom stereocenters. The number of hydrogen-bond donors (Lipinski definition) is 1. The average molecular weight is 367 g/mol. The zero-order valence-electron chi connectivity index (χ0n) is 13.7. The maximum absolute atomic E-state index is 13.1. The van der Waals surface area contributed by atoms with E-state index in [4.69, 9.17) is 11.6 Å². The van der Waals surface area contributed by atoms with Crippen LogP contribution in [0.3, 0.4) is 0 Å². The van der Waals surface area contributed by atoms with Gasteiger partial charge in [0.2, 0.25) is 5.91 Å². The van der Waals surface area contributed by atoms with E-state index >= 15 is 0 Å². The van der Waals surface area contributed by atoms with Crippen molar-refractivity contribution < 1.29 is 9.18 Å². The van der Waals surface area contributed by atoms with E-state index in [1.807, 2.05) is 6.92 Å². The van der Waals surface area contributed by atoms with Gasteiger partial charge < -0.3 is 5.32 Å². The highest BCUT2D eigenvalue weighted by Gasteiger charge is 2.33. The molecule has 1 saturated heterocycles. The van der Waals surface area contributed by atoms with Gasteiger partial charge in [-0.25, -0.2) is 4.39 Å². The third-order valence-electron chi connectivity index (χ3n) is 4.45. The van der Waals surface area contributed by atoms with Crippen molar-refractivity contribution in [1.82, 2.24) is 4.90 Å². The van der Waals surface area contributed by atoms with Gasteiger partial charge >= 0.3 is 0 Å². The van der Waals surface area contributed by atoms with Crippen LogP contribution in [0.25, 0.3) is 0 Å². The lowest BCUT2D eigenvalue weighted by molar-refractivity contribution is -0.121. The Morgan fingerprint density at radius 3 is 2.88 bits per heavy atom. The van der Waals surface area contributed by atoms with Crippen LogP contribution in [0, 0.1) is 12.7 Å². The lowest BCUT2D eigenvalue weighted by atomic mass is 10.1. The Morgan fingerprint density at radius 1 is 1.42 bits per heavy atom. The molecule has 3 nitrogen and oxygen atoms in total. The van der Waals surface area contributed by atoms with Gasteiger partial charge in [-0.3, -0.25) is 9.69 Å². The predicted molar refractivity (Wildman–Crippen MR) is 97.2 cm³/mol. The fourth-order valence-corrected chi connectivity index (χ4v) is 4.42. The predicted octanol–water partition coefficient (Wildman–Crippen LogP) is 5.01. The third-order valence-corrected chi connectivity index (χ3v) is 5.86. The summed E-state index contributed by atoms with van der Waals surface area (Å²) in [5.74, 6) is -0.539. The highest BCUT2D eigenvalue weighted by Crippen LogP contribution is 2.37. The summed E-state index contributed by atoms with van der Waals surface area (Å²) in [6.45, 7) is 4.90. The van der Waals surface area contributed by atoms with Crippen LogP contribution in [0.2, 0.25) is 5.02 Å². The van der Waals surface area contributed by atoms with Crippen molar-refractivity contribution in [3.63, 3.8) is 0 Å². The van der Waals surface area contributed by atoms with E-state index in [0.717, 1.165) is 19.4 Å². The number of nitrogens with one attached hydrogen (secondary N) is 1. The summed E-state index contributed by atoms with van der Waals surface area (Å²) in [4.78, 5) is 17.4. The van der Waals surface area contributed by atoms with Crippen LogP contribution in [-0.2, 0) is 4.79 Å². The quantitative estimate of drug-likeness (QED) is 0.824. The molecule has 0 radical (unpaired) electrons. The molecule has 1 amide bonds. The van der Waals surface area contributed by atoms with Gasteiger partial charge in [0.25, 0.3) is 0 Å². The van der Waals surface area contributed by atoms with Crippen LogP contribution >= 0.6 is 22.9 Å². The first-order valence-electron chi connectivity index (χ1n) is 8.03. The number of hydrogen-bond acceptors (Lipinski definition) is 3. The minimum absolute atomic E-state index is 0.122. The molecular formula is C18H20ClFN2OS. The Morgan fingerprint density at radius 2 is 2.21 bits per heavy atom. The summed E-state index contributed by atoms with van der Waals surface area (Å²) in [6.07, 6.45) is 2.14. The van der Waals surface area contributed by atoms with Gasteiger partial charge in [-0.15, -0.1) is 11.3 Å². The van der Waals surface area contributed by atoms with Crippen molar-refractivity contribution in [3.05, 3.63) is 50.9 Å². The van der Waals surface area contributed by atoms with Crippen molar-refractivity contribution in [3.8, 4) is 0 Å². The summed E-state index contributed by atoms with van der Waals surface area (Å²) in [7, 11) is 0. The summed E-state index contributed by atoms with van der Waals surface area (Å²) in [5, 5.41) is 3.03. The van der Waals surface area contributed by atoms with Crippen molar-refractivity contribution in [1.29, 1.82) is 0 Å². The molecule has 0 aliphatic carbocycles. The number of thiophene rings is 1. The number of likely N-dealkylation sites (tertiary alicyclic amines) is 1. The lowest BCUT2D eigenvalue weighted by Gasteiger charge is -2.29. The van der Waals surface area contributed by atoms with Gasteiger partial charge in [-0.1, -0.05) is 11.6 Å². The van der Waals surface area contributed by atoms with Crippen molar-refractivity contribution >= 4 is 34.5 Å². The van der Waals surface area contributed by atoms with Gasteiger partial charge in [0.05, 0.1) is 16.8 Å². The van der Waals surface area contributed by atoms with Crippen LogP contribution < -0.4 is 5.32 Å². The number of carbonyl (C=O) groups is 1. The van der Waals surface area contributed by atoms with Crippen LogP contribution in [0.4, 0.5) is 10.1 Å². The number of carbonyl (C=O) groups excluding carboxylic acids is 1. The van der Waals surface area contributed by atoms with E-state index in [1.165, 1.54) is 28.0 Å². The van der Waals surface area contributed by atoms with E-state index in [1.54, 1.807) is 11.3 Å². The first-order valence-corrected chi connectivity index (χ1v) is 9.23.